The average Bonchev–Trinajstić information content (AvgIpc) is 3.12. The number of aromatic nitrogens is 1. The molecule has 0 fully saturated rings. The van der Waals surface area contributed by atoms with Crippen LogP contribution in [0.1, 0.15) is 64.0 Å². The van der Waals surface area contributed by atoms with Gasteiger partial charge >= 0.3 is 0 Å². The molecule has 0 aliphatic rings. The van der Waals surface area contributed by atoms with E-state index in [-0.39, 0.29) is 0 Å². The van der Waals surface area contributed by atoms with Crippen LogP contribution >= 0.6 is 0 Å². The highest BCUT2D eigenvalue weighted by Gasteiger charge is 2.17. The number of unbranched alkanes of at least 4 members (excludes halogenated alkanes) is 1. The third-order valence-electron chi connectivity index (χ3n) is 5.82. The highest BCUT2D eigenvalue weighted by Crippen LogP contribution is 2.38. The van der Waals surface area contributed by atoms with Crippen molar-refractivity contribution >= 4 is 10.9 Å². The maximum atomic E-state index is 5.87. The molecule has 0 saturated heterocycles. The van der Waals surface area contributed by atoms with Gasteiger partial charge in [-0.3, -0.25) is 0 Å². The lowest BCUT2D eigenvalue weighted by atomic mass is 9.94. The van der Waals surface area contributed by atoms with E-state index in [1.807, 2.05) is 19.9 Å². The van der Waals surface area contributed by atoms with E-state index in [0.29, 0.717) is 19.1 Å². The quantitative estimate of drug-likeness (QED) is 0.360. The highest BCUT2D eigenvalue weighted by atomic mass is 16.5. The molecule has 0 aliphatic carbocycles. The second-order valence-electron chi connectivity index (χ2n) is 7.87. The Kier molecular flexibility index (Phi) is 7.81. The summed E-state index contributed by atoms with van der Waals surface area (Å²) < 4.78 is 11.6. The van der Waals surface area contributed by atoms with Gasteiger partial charge in [-0.05, 0) is 93.5 Å². The number of aryl methyl sites for hydroxylation is 1. The second kappa shape index (κ2) is 10.5. The Morgan fingerprint density at radius 1 is 0.933 bits per heavy atom. The Labute approximate surface area is 180 Å². The first-order valence-corrected chi connectivity index (χ1v) is 11.4. The topological polar surface area (TPSA) is 60.3 Å². The minimum atomic E-state index is 0.555. The predicted molar refractivity (Wildman–Crippen MR) is 127 cm³/mol. The van der Waals surface area contributed by atoms with Crippen LogP contribution in [-0.4, -0.2) is 24.7 Å². The Morgan fingerprint density at radius 3 is 2.40 bits per heavy atom. The van der Waals surface area contributed by atoms with Gasteiger partial charge in [-0.1, -0.05) is 19.9 Å². The van der Waals surface area contributed by atoms with Gasteiger partial charge in [0, 0.05) is 22.2 Å². The number of H-pyrrole nitrogens is 1. The number of nitrogens with one attached hydrogen (secondary N) is 1. The van der Waals surface area contributed by atoms with Gasteiger partial charge in [-0.25, -0.2) is 0 Å². The Hall–Kier alpha value is -2.46. The molecule has 3 rings (SSSR count). The van der Waals surface area contributed by atoms with Crippen LogP contribution < -0.4 is 15.2 Å². The van der Waals surface area contributed by atoms with Crippen molar-refractivity contribution in [2.75, 3.05) is 19.8 Å². The molecule has 0 radical (unpaired) electrons. The minimum Gasteiger partial charge on any atom is -0.490 e. The van der Waals surface area contributed by atoms with E-state index in [0.717, 1.165) is 49.3 Å². The molecule has 1 unspecified atom stereocenters. The van der Waals surface area contributed by atoms with Crippen molar-refractivity contribution in [3.8, 4) is 22.8 Å². The average molecular weight is 409 g/mol. The summed E-state index contributed by atoms with van der Waals surface area (Å²) in [7, 11) is 0. The van der Waals surface area contributed by atoms with Crippen molar-refractivity contribution in [1.29, 1.82) is 0 Å². The number of nitrogens with two attached hydrogens (primary N) is 1. The first-order chi connectivity index (χ1) is 14.6. The summed E-state index contributed by atoms with van der Waals surface area (Å²) in [5.74, 6) is 2.14. The van der Waals surface area contributed by atoms with Crippen LogP contribution in [0.25, 0.3) is 22.2 Å². The van der Waals surface area contributed by atoms with Crippen molar-refractivity contribution < 1.29 is 9.47 Å². The largest absolute Gasteiger partial charge is 0.490 e. The summed E-state index contributed by atoms with van der Waals surface area (Å²) in [6.07, 6.45) is 4.26. The monoisotopic (exact) mass is 408 g/mol. The molecule has 0 saturated carbocycles. The zero-order valence-corrected chi connectivity index (χ0v) is 18.9. The van der Waals surface area contributed by atoms with Crippen LogP contribution in [0.3, 0.4) is 0 Å². The predicted octanol–water partition coefficient (Wildman–Crippen LogP) is 6.43. The maximum Gasteiger partial charge on any atom is 0.161 e. The molecule has 1 heterocycles. The van der Waals surface area contributed by atoms with Gasteiger partial charge in [-0.15, -0.1) is 0 Å². The molecular weight excluding hydrogens is 372 g/mol. The number of fused-ring (bicyclic) bond motifs is 1. The molecule has 1 aromatic heterocycles. The highest BCUT2D eigenvalue weighted by molar-refractivity contribution is 5.91. The van der Waals surface area contributed by atoms with Gasteiger partial charge in [0.15, 0.2) is 11.5 Å². The lowest BCUT2D eigenvalue weighted by Gasteiger charge is -2.13. The summed E-state index contributed by atoms with van der Waals surface area (Å²) in [4.78, 5) is 3.68. The number of hydrogen-bond acceptors (Lipinski definition) is 3. The molecule has 1 atom stereocenters. The van der Waals surface area contributed by atoms with Gasteiger partial charge in [0.25, 0.3) is 0 Å². The van der Waals surface area contributed by atoms with E-state index < -0.39 is 0 Å². The molecule has 0 spiro atoms. The number of benzene rings is 2. The van der Waals surface area contributed by atoms with Crippen molar-refractivity contribution in [1.82, 2.24) is 4.98 Å². The van der Waals surface area contributed by atoms with Gasteiger partial charge < -0.3 is 20.2 Å². The van der Waals surface area contributed by atoms with Crippen LogP contribution in [0.15, 0.2) is 36.4 Å². The van der Waals surface area contributed by atoms with Crippen molar-refractivity contribution in [2.24, 2.45) is 5.73 Å². The van der Waals surface area contributed by atoms with E-state index in [4.69, 9.17) is 15.2 Å². The zero-order valence-electron chi connectivity index (χ0n) is 18.9. The van der Waals surface area contributed by atoms with Crippen LogP contribution in [0, 0.1) is 0 Å². The molecule has 3 N–H and O–H groups in total. The van der Waals surface area contributed by atoms with Crippen LogP contribution in [0.4, 0.5) is 0 Å². The fourth-order valence-corrected chi connectivity index (χ4v) is 3.97. The fourth-order valence-electron chi connectivity index (χ4n) is 3.97. The van der Waals surface area contributed by atoms with Gasteiger partial charge in [-0.2, -0.15) is 0 Å². The lowest BCUT2D eigenvalue weighted by molar-refractivity contribution is 0.288. The van der Waals surface area contributed by atoms with Crippen molar-refractivity contribution in [3.05, 3.63) is 47.5 Å². The second-order valence-corrected chi connectivity index (χ2v) is 7.87. The molecule has 3 aromatic rings. The van der Waals surface area contributed by atoms with Crippen molar-refractivity contribution in [3.63, 3.8) is 0 Å². The van der Waals surface area contributed by atoms with Crippen molar-refractivity contribution in [2.45, 2.75) is 59.3 Å². The number of rotatable bonds is 11. The fraction of sp³-hybridized carbons (Fsp3) is 0.462. The first-order valence-electron chi connectivity index (χ1n) is 11.4. The van der Waals surface area contributed by atoms with Gasteiger partial charge in [0.05, 0.1) is 13.2 Å². The van der Waals surface area contributed by atoms with Crippen LogP contribution in [0.2, 0.25) is 0 Å². The number of hydrogen-bond donors (Lipinski definition) is 2. The van der Waals surface area contributed by atoms with Crippen LogP contribution in [0.5, 0.6) is 11.5 Å². The van der Waals surface area contributed by atoms with E-state index >= 15 is 0 Å². The molecular formula is C26H36N2O2. The Balaban J connectivity index is 2.11. The summed E-state index contributed by atoms with van der Waals surface area (Å²) in [5.41, 5.74) is 12.0. The SMILES string of the molecule is CCOc1ccc(-c2[nH]c3ccc(C(C)CC)cc3c2CCCCN)cc1OCC. The normalized spacial score (nSPS) is 12.3. The Bertz CT molecular complexity index is 961. The zero-order chi connectivity index (χ0) is 21.5. The van der Waals surface area contributed by atoms with E-state index in [9.17, 15) is 0 Å². The third-order valence-corrected chi connectivity index (χ3v) is 5.82. The summed E-state index contributed by atoms with van der Waals surface area (Å²) >= 11 is 0. The molecule has 2 aromatic carbocycles. The lowest BCUT2D eigenvalue weighted by Crippen LogP contribution is -2.00. The molecule has 4 heteroatoms. The molecule has 0 amide bonds. The number of aromatic amines is 1. The molecule has 4 nitrogen and oxygen atoms in total. The summed E-state index contributed by atoms with van der Waals surface area (Å²) in [5, 5.41) is 1.33. The van der Waals surface area contributed by atoms with E-state index in [2.05, 4.69) is 49.2 Å². The number of ether oxygens (including phenoxy) is 2. The third kappa shape index (κ3) is 4.81. The van der Waals surface area contributed by atoms with Gasteiger partial charge in [0.1, 0.15) is 0 Å². The molecule has 162 valence electrons. The Morgan fingerprint density at radius 2 is 1.70 bits per heavy atom. The molecule has 0 bridgehead atoms. The van der Waals surface area contributed by atoms with Gasteiger partial charge in [0.2, 0.25) is 0 Å². The van der Waals surface area contributed by atoms with E-state index in [1.165, 1.54) is 27.7 Å². The summed E-state index contributed by atoms with van der Waals surface area (Å²) in [6, 6.07) is 13.1. The van der Waals surface area contributed by atoms with Crippen LogP contribution in [-0.2, 0) is 6.42 Å². The summed E-state index contributed by atoms with van der Waals surface area (Å²) in [6.45, 7) is 10.5. The molecule has 30 heavy (non-hydrogen) atoms. The molecule has 0 aliphatic heterocycles. The van der Waals surface area contributed by atoms with E-state index in [1.54, 1.807) is 0 Å². The maximum absolute atomic E-state index is 5.87. The standard InChI is InChI=1S/C26H36N2O2/c1-5-18(4)19-11-13-23-22(16-19)21(10-8-9-15-27)26(28-23)20-12-14-24(29-6-2)25(17-20)30-7-3/h11-14,16-18,28H,5-10,15,27H2,1-4H3. The minimum absolute atomic E-state index is 0.555. The first kappa shape index (κ1) is 22.2. The smallest absolute Gasteiger partial charge is 0.161 e.